The van der Waals surface area contributed by atoms with E-state index in [2.05, 4.69) is 5.32 Å². The number of hydrogen-bond acceptors (Lipinski definition) is 4. The average molecular weight is 443 g/mol. The molecular weight excluding hydrogens is 411 g/mol. The fourth-order valence-electron chi connectivity index (χ4n) is 3.57. The van der Waals surface area contributed by atoms with Crippen molar-refractivity contribution in [3.05, 3.63) is 59.4 Å². The third-order valence-corrected chi connectivity index (χ3v) is 5.53. The molecule has 1 aliphatic rings. The number of ether oxygens (including phenoxy) is 2. The molecular formula is C25H31FN2O4. The third kappa shape index (κ3) is 6.22. The lowest BCUT2D eigenvalue weighted by Gasteiger charge is -2.29. The Morgan fingerprint density at radius 1 is 1.12 bits per heavy atom. The number of hydrogen-bond donors (Lipinski definition) is 1. The highest BCUT2D eigenvalue weighted by Gasteiger charge is 2.26. The van der Waals surface area contributed by atoms with Gasteiger partial charge in [-0.05, 0) is 43.5 Å². The maximum absolute atomic E-state index is 14.3. The van der Waals surface area contributed by atoms with Gasteiger partial charge in [-0.3, -0.25) is 9.59 Å². The summed E-state index contributed by atoms with van der Waals surface area (Å²) in [7, 11) is 0. The zero-order chi connectivity index (χ0) is 22.9. The molecule has 1 atom stereocenters. The van der Waals surface area contributed by atoms with Crippen molar-refractivity contribution >= 4 is 11.8 Å². The van der Waals surface area contributed by atoms with Gasteiger partial charge in [0.15, 0.2) is 11.5 Å². The molecule has 0 fully saturated rings. The Morgan fingerprint density at radius 2 is 1.88 bits per heavy atom. The quantitative estimate of drug-likeness (QED) is 0.568. The van der Waals surface area contributed by atoms with Gasteiger partial charge in [-0.2, -0.15) is 0 Å². The van der Waals surface area contributed by atoms with Gasteiger partial charge in [-0.15, -0.1) is 0 Å². The van der Waals surface area contributed by atoms with Crippen molar-refractivity contribution in [3.63, 3.8) is 0 Å². The zero-order valence-electron chi connectivity index (χ0n) is 18.7. The Kier molecular flexibility index (Phi) is 8.48. The lowest BCUT2D eigenvalue weighted by molar-refractivity contribution is -0.140. The number of halogens is 1. The van der Waals surface area contributed by atoms with Crippen LogP contribution in [0.4, 0.5) is 4.39 Å². The average Bonchev–Trinajstić information content (AvgIpc) is 2.81. The van der Waals surface area contributed by atoms with E-state index in [1.54, 1.807) is 25.1 Å². The van der Waals surface area contributed by atoms with E-state index in [1.807, 2.05) is 25.1 Å². The molecule has 0 bridgehead atoms. The lowest BCUT2D eigenvalue weighted by atomic mass is 10.1. The largest absolute Gasteiger partial charge is 0.486 e. The SMILES string of the molecule is CCCCNC(=O)[C@H](C)N(Cc1ccccc1F)C(=O)CCc1ccc2c(c1)OCCO2. The van der Waals surface area contributed by atoms with Crippen LogP contribution in [0.2, 0.25) is 0 Å². The van der Waals surface area contributed by atoms with Crippen LogP contribution in [0.25, 0.3) is 0 Å². The topological polar surface area (TPSA) is 67.9 Å². The molecule has 0 saturated heterocycles. The fraction of sp³-hybridized carbons (Fsp3) is 0.440. The molecule has 6 nitrogen and oxygen atoms in total. The minimum Gasteiger partial charge on any atom is -0.486 e. The van der Waals surface area contributed by atoms with Crippen LogP contribution in [0.1, 0.15) is 44.2 Å². The summed E-state index contributed by atoms with van der Waals surface area (Å²) in [5.41, 5.74) is 1.32. The van der Waals surface area contributed by atoms with Gasteiger partial charge in [-0.25, -0.2) is 4.39 Å². The maximum atomic E-state index is 14.3. The molecule has 2 amide bonds. The van der Waals surface area contributed by atoms with Crippen molar-refractivity contribution in [1.29, 1.82) is 0 Å². The van der Waals surface area contributed by atoms with Crippen LogP contribution in [-0.4, -0.2) is 42.5 Å². The summed E-state index contributed by atoms with van der Waals surface area (Å²) in [5.74, 6) is 0.539. The third-order valence-electron chi connectivity index (χ3n) is 5.53. The molecule has 3 rings (SSSR count). The van der Waals surface area contributed by atoms with Crippen molar-refractivity contribution in [3.8, 4) is 11.5 Å². The number of carbonyl (C=O) groups is 2. The first kappa shape index (κ1) is 23.6. The molecule has 0 unspecified atom stereocenters. The fourth-order valence-corrected chi connectivity index (χ4v) is 3.57. The lowest BCUT2D eigenvalue weighted by Crippen LogP contribution is -2.48. The molecule has 172 valence electrons. The summed E-state index contributed by atoms with van der Waals surface area (Å²) in [4.78, 5) is 27.3. The van der Waals surface area contributed by atoms with E-state index in [0.717, 1.165) is 18.4 Å². The summed E-state index contributed by atoms with van der Waals surface area (Å²) in [6.45, 7) is 5.34. The number of carbonyl (C=O) groups excluding carboxylic acids is 2. The van der Waals surface area contributed by atoms with E-state index in [1.165, 1.54) is 11.0 Å². The van der Waals surface area contributed by atoms with Crippen molar-refractivity contribution in [2.75, 3.05) is 19.8 Å². The summed E-state index contributed by atoms with van der Waals surface area (Å²) in [6.07, 6.45) is 2.50. The van der Waals surface area contributed by atoms with Gasteiger partial charge in [-0.1, -0.05) is 37.6 Å². The second-order valence-corrected chi connectivity index (χ2v) is 7.91. The summed E-state index contributed by atoms with van der Waals surface area (Å²) >= 11 is 0. The van der Waals surface area contributed by atoms with Crippen LogP contribution in [0.15, 0.2) is 42.5 Å². The first-order valence-corrected chi connectivity index (χ1v) is 11.2. The molecule has 0 radical (unpaired) electrons. The first-order chi connectivity index (χ1) is 15.5. The van der Waals surface area contributed by atoms with E-state index >= 15 is 0 Å². The van der Waals surface area contributed by atoms with Crippen LogP contribution in [0.3, 0.4) is 0 Å². The maximum Gasteiger partial charge on any atom is 0.242 e. The Labute approximate surface area is 188 Å². The van der Waals surface area contributed by atoms with Crippen LogP contribution in [-0.2, 0) is 22.6 Å². The van der Waals surface area contributed by atoms with E-state index in [0.29, 0.717) is 43.2 Å². The number of nitrogens with zero attached hydrogens (tertiary/aromatic N) is 1. The van der Waals surface area contributed by atoms with Crippen LogP contribution < -0.4 is 14.8 Å². The van der Waals surface area contributed by atoms with Crippen molar-refractivity contribution in [2.45, 2.75) is 52.1 Å². The molecule has 2 aromatic carbocycles. The van der Waals surface area contributed by atoms with Crippen molar-refractivity contribution < 1.29 is 23.5 Å². The number of benzene rings is 2. The summed E-state index contributed by atoms with van der Waals surface area (Å²) in [6, 6.07) is 11.2. The summed E-state index contributed by atoms with van der Waals surface area (Å²) in [5, 5.41) is 2.87. The van der Waals surface area contributed by atoms with E-state index in [4.69, 9.17) is 9.47 Å². The van der Waals surface area contributed by atoms with Gasteiger partial charge in [0.05, 0.1) is 0 Å². The summed E-state index contributed by atoms with van der Waals surface area (Å²) < 4.78 is 25.4. The Balaban J connectivity index is 1.70. The van der Waals surface area contributed by atoms with Gasteiger partial charge in [0.25, 0.3) is 0 Å². The molecule has 0 aromatic heterocycles. The second kappa shape index (κ2) is 11.5. The molecule has 32 heavy (non-hydrogen) atoms. The second-order valence-electron chi connectivity index (χ2n) is 7.91. The number of rotatable bonds is 10. The minimum atomic E-state index is -0.709. The van der Waals surface area contributed by atoms with Crippen molar-refractivity contribution in [1.82, 2.24) is 10.2 Å². The Bertz CT molecular complexity index is 934. The molecule has 0 spiro atoms. The highest BCUT2D eigenvalue weighted by Crippen LogP contribution is 2.31. The normalized spacial score (nSPS) is 13.3. The number of nitrogens with one attached hydrogen (secondary N) is 1. The molecule has 1 heterocycles. The minimum absolute atomic E-state index is 0.0367. The van der Waals surface area contributed by atoms with Gasteiger partial charge >= 0.3 is 0 Å². The number of amides is 2. The van der Waals surface area contributed by atoms with Crippen LogP contribution in [0, 0.1) is 5.82 Å². The van der Waals surface area contributed by atoms with Gasteiger partial charge in [0.2, 0.25) is 11.8 Å². The number of aryl methyl sites for hydroxylation is 1. The predicted molar refractivity (Wildman–Crippen MR) is 120 cm³/mol. The standard InChI is InChI=1S/C25H31FN2O4/c1-3-4-13-27-25(30)18(2)28(17-20-7-5-6-8-21(20)26)24(29)12-10-19-9-11-22-23(16-19)32-15-14-31-22/h5-9,11,16,18H,3-4,10,12-15,17H2,1-2H3,(H,27,30)/t18-/m0/s1. The number of unbranched alkanes of at least 4 members (excludes halogenated alkanes) is 1. The zero-order valence-corrected chi connectivity index (χ0v) is 18.7. The van der Waals surface area contributed by atoms with Gasteiger partial charge in [0, 0.05) is 25.1 Å². The van der Waals surface area contributed by atoms with Crippen LogP contribution >= 0.6 is 0 Å². The van der Waals surface area contributed by atoms with E-state index in [-0.39, 0.29) is 24.8 Å². The molecule has 2 aromatic rings. The van der Waals surface area contributed by atoms with E-state index < -0.39 is 11.9 Å². The Hall–Kier alpha value is -3.09. The van der Waals surface area contributed by atoms with Gasteiger partial charge in [0.1, 0.15) is 25.1 Å². The van der Waals surface area contributed by atoms with Crippen LogP contribution in [0.5, 0.6) is 11.5 Å². The molecule has 0 aliphatic carbocycles. The van der Waals surface area contributed by atoms with E-state index in [9.17, 15) is 14.0 Å². The molecule has 1 N–H and O–H groups in total. The smallest absolute Gasteiger partial charge is 0.242 e. The number of fused-ring (bicyclic) bond motifs is 1. The molecule has 7 heteroatoms. The Morgan fingerprint density at radius 3 is 2.62 bits per heavy atom. The van der Waals surface area contributed by atoms with Gasteiger partial charge < -0.3 is 19.7 Å². The molecule has 1 aliphatic heterocycles. The first-order valence-electron chi connectivity index (χ1n) is 11.2. The highest BCUT2D eigenvalue weighted by molar-refractivity contribution is 5.87. The monoisotopic (exact) mass is 442 g/mol. The predicted octanol–water partition coefficient (Wildman–Crippen LogP) is 3.86. The highest BCUT2D eigenvalue weighted by atomic mass is 19.1. The van der Waals surface area contributed by atoms with Crippen molar-refractivity contribution in [2.24, 2.45) is 0 Å². The molecule has 0 saturated carbocycles.